The van der Waals surface area contributed by atoms with Gasteiger partial charge in [-0.2, -0.15) is 5.10 Å². The maximum atomic E-state index is 5.59. The van der Waals surface area contributed by atoms with Gasteiger partial charge in [-0.15, -0.1) is 0 Å². The smallest absolute Gasteiger partial charge is 0.0848 e. The first-order chi connectivity index (χ1) is 8.66. The average molecular weight is 264 g/mol. The molecular formula is C16H28N2O. The summed E-state index contributed by atoms with van der Waals surface area (Å²) in [5.41, 5.74) is 1.47. The number of hydrogen-bond acceptors (Lipinski definition) is 2. The van der Waals surface area contributed by atoms with E-state index in [1.807, 2.05) is 29.1 Å². The summed E-state index contributed by atoms with van der Waals surface area (Å²) in [7, 11) is 0. The van der Waals surface area contributed by atoms with Crippen LogP contribution >= 0.6 is 0 Å². The topological polar surface area (TPSA) is 27.1 Å². The molecule has 0 fully saturated rings. The van der Waals surface area contributed by atoms with Crippen molar-refractivity contribution in [1.82, 2.24) is 9.78 Å². The van der Waals surface area contributed by atoms with E-state index >= 15 is 0 Å². The molecule has 0 aliphatic carbocycles. The van der Waals surface area contributed by atoms with Gasteiger partial charge in [0.05, 0.1) is 18.9 Å². The van der Waals surface area contributed by atoms with Crippen molar-refractivity contribution in [2.24, 2.45) is 10.8 Å². The lowest BCUT2D eigenvalue weighted by atomic mass is 9.97. The lowest BCUT2D eigenvalue weighted by molar-refractivity contribution is 0.0912. The zero-order chi connectivity index (χ0) is 14.5. The molecule has 0 amide bonds. The molecule has 3 nitrogen and oxygen atoms in total. The Morgan fingerprint density at radius 1 is 1.16 bits per heavy atom. The fourth-order valence-electron chi connectivity index (χ4n) is 1.64. The molecule has 0 unspecified atom stereocenters. The van der Waals surface area contributed by atoms with Crippen molar-refractivity contribution in [3.63, 3.8) is 0 Å². The Bertz CT molecular complexity index is 405. The van der Waals surface area contributed by atoms with Crippen LogP contribution in [0.15, 0.2) is 18.3 Å². The third-order valence-corrected chi connectivity index (χ3v) is 2.34. The molecule has 1 rings (SSSR count). The normalized spacial score (nSPS) is 13.4. The quantitative estimate of drug-likeness (QED) is 0.751. The molecule has 0 aliphatic heterocycles. The molecule has 0 saturated heterocycles. The summed E-state index contributed by atoms with van der Waals surface area (Å²) < 4.78 is 7.58. The monoisotopic (exact) mass is 264 g/mol. The molecule has 0 saturated carbocycles. The molecule has 0 bridgehead atoms. The molecule has 19 heavy (non-hydrogen) atoms. The molecule has 1 aromatic rings. The maximum Gasteiger partial charge on any atom is 0.0848 e. The van der Waals surface area contributed by atoms with Crippen LogP contribution in [-0.2, 0) is 11.3 Å². The molecule has 108 valence electrons. The van der Waals surface area contributed by atoms with Gasteiger partial charge in [0.1, 0.15) is 0 Å². The fourth-order valence-corrected chi connectivity index (χ4v) is 1.64. The van der Waals surface area contributed by atoms with E-state index in [1.165, 1.54) is 0 Å². The van der Waals surface area contributed by atoms with Crippen LogP contribution in [0.2, 0.25) is 0 Å². The van der Waals surface area contributed by atoms with E-state index in [0.29, 0.717) is 6.61 Å². The van der Waals surface area contributed by atoms with E-state index in [0.717, 1.165) is 18.8 Å². The summed E-state index contributed by atoms with van der Waals surface area (Å²) in [6, 6.07) is 2.03. The van der Waals surface area contributed by atoms with Crippen LogP contribution in [0.1, 0.15) is 47.2 Å². The minimum absolute atomic E-state index is 0.224. The second-order valence-electron chi connectivity index (χ2n) is 7.48. The van der Waals surface area contributed by atoms with Crippen LogP contribution < -0.4 is 0 Å². The van der Waals surface area contributed by atoms with E-state index in [9.17, 15) is 0 Å². The van der Waals surface area contributed by atoms with Gasteiger partial charge in [-0.25, -0.2) is 0 Å². The Labute approximate surface area is 117 Å². The van der Waals surface area contributed by atoms with E-state index in [1.54, 1.807) is 0 Å². The number of aromatic nitrogens is 2. The summed E-state index contributed by atoms with van der Waals surface area (Å²) in [6.45, 7) is 15.5. The van der Waals surface area contributed by atoms with Crippen LogP contribution in [0.3, 0.4) is 0 Å². The van der Waals surface area contributed by atoms with Gasteiger partial charge in [0, 0.05) is 12.7 Å². The Morgan fingerprint density at radius 2 is 1.84 bits per heavy atom. The summed E-state index contributed by atoms with van der Waals surface area (Å²) in [4.78, 5) is 0. The molecule has 0 aliphatic rings. The van der Waals surface area contributed by atoms with Gasteiger partial charge in [-0.3, -0.25) is 4.68 Å². The van der Waals surface area contributed by atoms with Crippen molar-refractivity contribution in [3.05, 3.63) is 24.0 Å². The van der Waals surface area contributed by atoms with Gasteiger partial charge in [0.2, 0.25) is 0 Å². The minimum atomic E-state index is 0.224. The number of nitrogens with zero attached hydrogens (tertiary/aromatic N) is 2. The fraction of sp³-hybridized carbons (Fsp3) is 0.688. The maximum absolute atomic E-state index is 5.59. The van der Waals surface area contributed by atoms with E-state index in [-0.39, 0.29) is 10.8 Å². The summed E-state index contributed by atoms with van der Waals surface area (Å²) in [5, 5.41) is 4.52. The molecule has 0 radical (unpaired) electrons. The highest BCUT2D eigenvalue weighted by atomic mass is 16.5. The van der Waals surface area contributed by atoms with Gasteiger partial charge in [-0.05, 0) is 23.0 Å². The molecule has 1 aromatic heterocycles. The lowest BCUT2D eigenvalue weighted by Crippen LogP contribution is -2.15. The van der Waals surface area contributed by atoms with E-state index in [2.05, 4.69) is 46.6 Å². The zero-order valence-electron chi connectivity index (χ0n) is 13.2. The van der Waals surface area contributed by atoms with Crippen LogP contribution in [0.4, 0.5) is 0 Å². The molecule has 0 aromatic carbocycles. The van der Waals surface area contributed by atoms with Crippen molar-refractivity contribution >= 4 is 6.08 Å². The predicted octanol–water partition coefficient (Wildman–Crippen LogP) is 4.01. The second kappa shape index (κ2) is 6.38. The number of hydrogen-bond donors (Lipinski definition) is 0. The predicted molar refractivity (Wildman–Crippen MR) is 81.0 cm³/mol. The largest absolute Gasteiger partial charge is 0.377 e. The molecule has 3 heteroatoms. The van der Waals surface area contributed by atoms with Crippen molar-refractivity contribution in [2.75, 3.05) is 13.2 Å². The summed E-state index contributed by atoms with van der Waals surface area (Å²) in [5.74, 6) is 0. The first-order valence-electron chi connectivity index (χ1n) is 6.93. The van der Waals surface area contributed by atoms with Crippen molar-refractivity contribution in [3.8, 4) is 0 Å². The van der Waals surface area contributed by atoms with Gasteiger partial charge in [-0.1, -0.05) is 47.6 Å². The minimum Gasteiger partial charge on any atom is -0.377 e. The molecule has 0 atom stereocenters. The zero-order valence-corrected chi connectivity index (χ0v) is 13.2. The SMILES string of the molecule is CC(C)(C)COC/C=C/c1ccn(CC(C)(C)C)n1. The first kappa shape index (κ1) is 16.0. The highest BCUT2D eigenvalue weighted by Crippen LogP contribution is 2.16. The Hall–Kier alpha value is -1.09. The third kappa shape index (κ3) is 7.83. The Kier molecular flexibility index (Phi) is 5.36. The highest BCUT2D eigenvalue weighted by Gasteiger charge is 2.11. The first-order valence-corrected chi connectivity index (χ1v) is 6.93. The molecule has 1 heterocycles. The summed E-state index contributed by atoms with van der Waals surface area (Å²) >= 11 is 0. The van der Waals surface area contributed by atoms with Gasteiger partial charge in [0.15, 0.2) is 0 Å². The number of ether oxygens (including phenoxy) is 1. The molecular weight excluding hydrogens is 236 g/mol. The third-order valence-electron chi connectivity index (χ3n) is 2.34. The van der Waals surface area contributed by atoms with Crippen LogP contribution in [0, 0.1) is 10.8 Å². The summed E-state index contributed by atoms with van der Waals surface area (Å²) in [6.07, 6.45) is 6.07. The van der Waals surface area contributed by atoms with Gasteiger partial charge < -0.3 is 4.74 Å². The Balaban J connectivity index is 2.37. The number of rotatable bonds is 5. The molecule has 0 N–H and O–H groups in total. The lowest BCUT2D eigenvalue weighted by Gasteiger charge is -2.17. The molecule has 0 spiro atoms. The van der Waals surface area contributed by atoms with E-state index < -0.39 is 0 Å². The standard InChI is InChI=1S/C16H28N2O/c1-15(2,3)12-18-10-9-14(17-18)8-7-11-19-13-16(4,5)6/h7-10H,11-13H2,1-6H3/b8-7+. The van der Waals surface area contributed by atoms with Crippen LogP contribution in [-0.4, -0.2) is 23.0 Å². The van der Waals surface area contributed by atoms with Gasteiger partial charge >= 0.3 is 0 Å². The van der Waals surface area contributed by atoms with Crippen molar-refractivity contribution in [2.45, 2.75) is 48.1 Å². The highest BCUT2D eigenvalue weighted by molar-refractivity contribution is 5.43. The van der Waals surface area contributed by atoms with Crippen LogP contribution in [0.5, 0.6) is 0 Å². The van der Waals surface area contributed by atoms with Crippen molar-refractivity contribution < 1.29 is 4.74 Å². The van der Waals surface area contributed by atoms with Crippen LogP contribution in [0.25, 0.3) is 6.08 Å². The van der Waals surface area contributed by atoms with E-state index in [4.69, 9.17) is 4.74 Å². The second-order valence-corrected chi connectivity index (χ2v) is 7.48. The van der Waals surface area contributed by atoms with Gasteiger partial charge in [0.25, 0.3) is 0 Å². The Morgan fingerprint density at radius 3 is 2.42 bits per heavy atom. The van der Waals surface area contributed by atoms with Crippen molar-refractivity contribution in [1.29, 1.82) is 0 Å². The average Bonchev–Trinajstić information content (AvgIpc) is 2.60.